The van der Waals surface area contributed by atoms with Gasteiger partial charge in [-0.2, -0.15) is 0 Å². The van der Waals surface area contributed by atoms with Gasteiger partial charge in [0.1, 0.15) is 6.17 Å². The van der Waals surface area contributed by atoms with Crippen LogP contribution in [0.5, 0.6) is 0 Å². The highest BCUT2D eigenvalue weighted by Gasteiger charge is 2.79. The minimum Gasteiger partial charge on any atom is -0.533 e. The van der Waals surface area contributed by atoms with Gasteiger partial charge in [-0.1, -0.05) is 111 Å². The number of rotatable bonds is 5. The number of esters is 1. The lowest BCUT2D eigenvalue weighted by molar-refractivity contribution is -0.146. The summed E-state index contributed by atoms with van der Waals surface area (Å²) in [5.41, 5.74) is 1.39. The molecule has 5 atom stereocenters. The SMILES string of the molecule is COC(=O)[C@]12[C@@H](c3ccccc3)C(O[Si](C)(C)C(C)(C)C)=N[C@@H](c3ccccc3)N1[C@@H]2c1c(Cl)cccc1Cl. The Labute approximate surface area is 241 Å². The van der Waals surface area contributed by atoms with Crippen LogP contribution < -0.4 is 0 Å². The van der Waals surface area contributed by atoms with E-state index in [9.17, 15) is 4.79 Å². The lowest BCUT2D eigenvalue weighted by Gasteiger charge is -2.41. The van der Waals surface area contributed by atoms with Crippen molar-refractivity contribution in [2.24, 2.45) is 4.99 Å². The van der Waals surface area contributed by atoms with Crippen molar-refractivity contribution in [1.29, 1.82) is 0 Å². The number of nitrogens with zero attached hydrogens (tertiary/aromatic N) is 2. The highest BCUT2D eigenvalue weighted by molar-refractivity contribution is 6.75. The molecule has 1 fully saturated rings. The zero-order chi connectivity index (χ0) is 28.2. The largest absolute Gasteiger partial charge is 0.533 e. The molecule has 204 valence electrons. The highest BCUT2D eigenvalue weighted by Crippen LogP contribution is 2.69. The number of hydrogen-bond donors (Lipinski definition) is 0. The number of fused-ring (bicyclic) bond motifs is 1. The fraction of sp³-hybridized carbons (Fsp3) is 0.355. The van der Waals surface area contributed by atoms with E-state index in [1.54, 1.807) is 0 Å². The van der Waals surface area contributed by atoms with Crippen molar-refractivity contribution in [2.45, 2.75) is 62.6 Å². The minimum absolute atomic E-state index is 0.0798. The molecule has 0 saturated carbocycles. The van der Waals surface area contributed by atoms with E-state index in [0.717, 1.165) is 11.1 Å². The first-order valence-corrected chi connectivity index (χ1v) is 16.8. The van der Waals surface area contributed by atoms with Crippen molar-refractivity contribution < 1.29 is 14.0 Å². The van der Waals surface area contributed by atoms with Crippen LogP contribution in [0.25, 0.3) is 0 Å². The van der Waals surface area contributed by atoms with Crippen LogP contribution >= 0.6 is 23.2 Å². The van der Waals surface area contributed by atoms with Crippen LogP contribution in [0.3, 0.4) is 0 Å². The summed E-state index contributed by atoms with van der Waals surface area (Å²) >= 11 is 13.6. The van der Waals surface area contributed by atoms with Gasteiger partial charge >= 0.3 is 5.97 Å². The molecule has 0 amide bonds. The Morgan fingerprint density at radius 3 is 1.95 bits per heavy atom. The van der Waals surface area contributed by atoms with Crippen molar-refractivity contribution >= 4 is 43.4 Å². The molecule has 5 nitrogen and oxygen atoms in total. The maximum atomic E-state index is 14.2. The standard InChI is InChI=1S/C31H34Cl2N2O3Si/c1-30(2,3)39(5,6)38-28-25(20-14-9-7-10-15-20)31(29(36)37-4)26(24-22(32)18-13-19-23(24)33)35(31)27(34-28)21-16-11-8-12-17-21/h7-19,25-27H,1-6H3/t25-,26+,27+,31+,35?/m0/s1. The van der Waals surface area contributed by atoms with Crippen molar-refractivity contribution in [3.8, 4) is 0 Å². The van der Waals surface area contributed by atoms with Crippen molar-refractivity contribution in [3.63, 3.8) is 0 Å². The molecule has 5 rings (SSSR count). The molecule has 2 aliphatic rings. The van der Waals surface area contributed by atoms with Gasteiger partial charge in [-0.05, 0) is 41.4 Å². The Hall–Kier alpha value is -2.64. The number of ether oxygens (including phenoxy) is 1. The van der Waals surface area contributed by atoms with E-state index in [2.05, 4.69) is 38.8 Å². The zero-order valence-corrected chi connectivity index (χ0v) is 25.6. The lowest BCUT2D eigenvalue weighted by atomic mass is 9.80. The molecule has 39 heavy (non-hydrogen) atoms. The van der Waals surface area contributed by atoms with Crippen LogP contribution in [0.15, 0.2) is 83.9 Å². The molecule has 8 heteroatoms. The van der Waals surface area contributed by atoms with E-state index in [4.69, 9.17) is 37.4 Å². The molecular formula is C31H34Cl2N2O3Si. The van der Waals surface area contributed by atoms with Crippen molar-refractivity contribution in [3.05, 3.63) is 106 Å². The fourth-order valence-corrected chi connectivity index (χ4v) is 7.06. The second-order valence-electron chi connectivity index (χ2n) is 11.7. The number of carbonyl (C=O) groups is 1. The van der Waals surface area contributed by atoms with Gasteiger partial charge < -0.3 is 9.16 Å². The Kier molecular flexibility index (Phi) is 7.21. The minimum atomic E-state index is -2.36. The summed E-state index contributed by atoms with van der Waals surface area (Å²) < 4.78 is 12.6. The van der Waals surface area contributed by atoms with Gasteiger partial charge in [-0.3, -0.25) is 0 Å². The number of carbonyl (C=O) groups excluding carboxylic acids is 1. The summed E-state index contributed by atoms with van der Waals surface area (Å²) in [6.45, 7) is 11.0. The van der Waals surface area contributed by atoms with Gasteiger partial charge in [0.15, 0.2) is 11.4 Å². The van der Waals surface area contributed by atoms with Crippen LogP contribution in [0, 0.1) is 0 Å². The third-order valence-electron chi connectivity index (χ3n) is 8.44. The van der Waals surface area contributed by atoms with E-state index in [0.29, 0.717) is 21.5 Å². The van der Waals surface area contributed by atoms with Crippen molar-refractivity contribution in [1.82, 2.24) is 4.90 Å². The predicted molar refractivity (Wildman–Crippen MR) is 160 cm³/mol. The first kappa shape index (κ1) is 27.9. The molecule has 0 aliphatic carbocycles. The fourth-order valence-electron chi connectivity index (χ4n) is 5.45. The molecule has 2 aliphatic heterocycles. The second kappa shape index (κ2) is 10.1. The first-order valence-electron chi connectivity index (χ1n) is 13.1. The molecule has 3 aromatic rings. The van der Waals surface area contributed by atoms with E-state index < -0.39 is 32.0 Å². The Morgan fingerprint density at radius 1 is 0.897 bits per heavy atom. The highest BCUT2D eigenvalue weighted by atomic mass is 35.5. The number of benzene rings is 3. The van der Waals surface area contributed by atoms with Crippen LogP contribution in [0.2, 0.25) is 28.2 Å². The second-order valence-corrected chi connectivity index (χ2v) is 17.3. The number of halogens is 2. The van der Waals surface area contributed by atoms with Crippen LogP contribution in [0.1, 0.15) is 55.6 Å². The molecule has 0 spiro atoms. The zero-order valence-electron chi connectivity index (χ0n) is 23.1. The molecular weight excluding hydrogens is 547 g/mol. The Bertz CT molecular complexity index is 1390. The van der Waals surface area contributed by atoms with Crippen LogP contribution in [-0.2, 0) is 14.0 Å². The van der Waals surface area contributed by atoms with Gasteiger partial charge in [0, 0.05) is 15.6 Å². The number of methoxy groups -OCH3 is 1. The van der Waals surface area contributed by atoms with E-state index in [1.165, 1.54) is 7.11 Å². The number of aliphatic imine (C=N–C) groups is 1. The van der Waals surface area contributed by atoms with E-state index in [-0.39, 0.29) is 11.0 Å². The lowest BCUT2D eigenvalue weighted by Crippen LogP contribution is -2.50. The molecule has 3 aromatic carbocycles. The predicted octanol–water partition coefficient (Wildman–Crippen LogP) is 8.18. The topological polar surface area (TPSA) is 50.9 Å². The van der Waals surface area contributed by atoms with Crippen LogP contribution in [-0.4, -0.2) is 37.7 Å². The summed E-state index contributed by atoms with van der Waals surface area (Å²) in [6.07, 6.45) is -0.498. The molecule has 1 unspecified atom stereocenters. The maximum absolute atomic E-state index is 14.2. The summed E-state index contributed by atoms with van der Waals surface area (Å²) in [6, 6.07) is 24.8. The third kappa shape index (κ3) is 4.51. The smallest absolute Gasteiger partial charge is 0.329 e. The summed E-state index contributed by atoms with van der Waals surface area (Å²) in [5.74, 6) is -0.351. The average Bonchev–Trinajstić information content (AvgIpc) is 3.57. The molecule has 0 radical (unpaired) electrons. The summed E-state index contributed by atoms with van der Waals surface area (Å²) in [7, 11) is -0.934. The molecule has 0 aromatic heterocycles. The monoisotopic (exact) mass is 580 g/mol. The van der Waals surface area contributed by atoms with E-state index in [1.807, 2.05) is 78.9 Å². The van der Waals surface area contributed by atoms with Gasteiger partial charge in [0.2, 0.25) is 0 Å². The van der Waals surface area contributed by atoms with Gasteiger partial charge in [0.05, 0.1) is 19.1 Å². The van der Waals surface area contributed by atoms with Gasteiger partial charge in [0.25, 0.3) is 8.32 Å². The van der Waals surface area contributed by atoms with Gasteiger partial charge in [-0.15, -0.1) is 0 Å². The molecule has 1 saturated heterocycles. The normalized spacial score (nSPS) is 26.3. The van der Waals surface area contributed by atoms with Crippen LogP contribution in [0.4, 0.5) is 0 Å². The summed E-state index contributed by atoms with van der Waals surface area (Å²) in [4.78, 5) is 21.5. The average molecular weight is 582 g/mol. The summed E-state index contributed by atoms with van der Waals surface area (Å²) in [5, 5.41) is 0.912. The molecule has 2 heterocycles. The van der Waals surface area contributed by atoms with E-state index >= 15 is 0 Å². The van der Waals surface area contributed by atoms with Gasteiger partial charge in [-0.25, -0.2) is 14.7 Å². The Morgan fingerprint density at radius 2 is 1.44 bits per heavy atom. The maximum Gasteiger partial charge on any atom is 0.329 e. The first-order chi connectivity index (χ1) is 18.4. The third-order valence-corrected chi connectivity index (χ3v) is 13.4. The Balaban J connectivity index is 1.81. The number of hydrogen-bond acceptors (Lipinski definition) is 5. The molecule has 0 N–H and O–H groups in total. The molecule has 0 bridgehead atoms. The quantitative estimate of drug-likeness (QED) is 0.173. The van der Waals surface area contributed by atoms with Crippen molar-refractivity contribution in [2.75, 3.05) is 7.11 Å².